The van der Waals surface area contributed by atoms with Gasteiger partial charge in [0.15, 0.2) is 0 Å². The van der Waals surface area contributed by atoms with E-state index in [0.717, 1.165) is 23.2 Å². The normalized spacial score (nSPS) is 17.0. The van der Waals surface area contributed by atoms with E-state index in [1.165, 1.54) is 0 Å². The minimum Gasteiger partial charge on any atom is -0.358 e. The number of hydrogen-bond acceptors (Lipinski definition) is 5. The number of nitrogens with two attached hydrogens (primary N) is 1. The minimum absolute atomic E-state index is 0.258. The number of benzene rings is 1. The highest BCUT2D eigenvalue weighted by Gasteiger charge is 2.15. The van der Waals surface area contributed by atoms with Crippen LogP contribution in [0.4, 0.5) is 0 Å². The number of carbonyl (C=O) groups is 1. The second-order valence-corrected chi connectivity index (χ2v) is 5.01. The fourth-order valence-corrected chi connectivity index (χ4v) is 2.41. The molecule has 0 radical (unpaired) electrons. The van der Waals surface area contributed by atoms with Crippen LogP contribution in [0.1, 0.15) is 11.3 Å². The molecule has 2 aromatic rings. The molecule has 2 N–H and O–H groups in total. The Bertz CT molecular complexity index is 719. The third-order valence-corrected chi connectivity index (χ3v) is 3.56. The van der Waals surface area contributed by atoms with E-state index in [9.17, 15) is 4.79 Å². The van der Waals surface area contributed by atoms with Gasteiger partial charge in [-0.1, -0.05) is 35.6 Å². The van der Waals surface area contributed by atoms with Crippen molar-refractivity contribution in [3.63, 3.8) is 0 Å². The number of hydrogen-bond donors (Lipinski definition) is 1. The number of aromatic nitrogens is 3. The standard InChI is InChI=1S/C16H17N5O/c17-9-13-5-1-2-7-16(13)21-11-14(18-19-21)10-20-8-4-3-6-15(20)12-22/h1-8,11-12,15H,9-10,17H2. The van der Waals surface area contributed by atoms with Crippen molar-refractivity contribution in [2.24, 2.45) is 5.73 Å². The lowest BCUT2D eigenvalue weighted by Gasteiger charge is -2.25. The molecule has 0 fully saturated rings. The average Bonchev–Trinajstić information content (AvgIpc) is 3.03. The van der Waals surface area contributed by atoms with Crippen LogP contribution < -0.4 is 5.73 Å². The first kappa shape index (κ1) is 14.2. The minimum atomic E-state index is -0.258. The van der Waals surface area contributed by atoms with E-state index in [1.807, 2.05) is 59.8 Å². The number of aldehydes is 1. The first-order valence-electron chi connectivity index (χ1n) is 7.07. The van der Waals surface area contributed by atoms with E-state index in [2.05, 4.69) is 10.3 Å². The van der Waals surface area contributed by atoms with Crippen LogP contribution in [0.25, 0.3) is 5.69 Å². The van der Waals surface area contributed by atoms with Crippen molar-refractivity contribution >= 4 is 6.29 Å². The van der Waals surface area contributed by atoms with E-state index >= 15 is 0 Å². The van der Waals surface area contributed by atoms with Gasteiger partial charge in [-0.15, -0.1) is 5.10 Å². The zero-order valence-corrected chi connectivity index (χ0v) is 12.0. The lowest BCUT2D eigenvalue weighted by molar-refractivity contribution is -0.110. The molecular weight excluding hydrogens is 278 g/mol. The maximum absolute atomic E-state index is 11.1. The van der Waals surface area contributed by atoms with Crippen LogP contribution in [0.2, 0.25) is 0 Å². The molecule has 1 aromatic carbocycles. The molecule has 1 aliphatic heterocycles. The number of allylic oxidation sites excluding steroid dienone is 2. The molecule has 0 saturated heterocycles. The number of carbonyl (C=O) groups excluding carboxylic acids is 1. The smallest absolute Gasteiger partial charge is 0.146 e. The Morgan fingerprint density at radius 2 is 2.14 bits per heavy atom. The summed E-state index contributed by atoms with van der Waals surface area (Å²) in [5.74, 6) is 0. The Morgan fingerprint density at radius 3 is 2.95 bits per heavy atom. The summed E-state index contributed by atoms with van der Waals surface area (Å²) >= 11 is 0. The van der Waals surface area contributed by atoms with Gasteiger partial charge in [0.05, 0.1) is 18.4 Å². The lowest BCUT2D eigenvalue weighted by atomic mass is 10.2. The first-order valence-corrected chi connectivity index (χ1v) is 7.07. The quantitative estimate of drug-likeness (QED) is 0.838. The van der Waals surface area contributed by atoms with Crippen molar-refractivity contribution in [1.29, 1.82) is 0 Å². The van der Waals surface area contributed by atoms with Crippen molar-refractivity contribution in [3.05, 3.63) is 66.1 Å². The molecule has 1 aromatic heterocycles. The molecule has 0 saturated carbocycles. The maximum atomic E-state index is 11.1. The predicted octanol–water partition coefficient (Wildman–Crippen LogP) is 1.18. The fraction of sp³-hybridized carbons (Fsp3) is 0.188. The number of rotatable bonds is 5. The molecule has 0 spiro atoms. The van der Waals surface area contributed by atoms with Gasteiger partial charge in [-0.2, -0.15) is 0 Å². The van der Waals surface area contributed by atoms with Crippen LogP contribution in [0.3, 0.4) is 0 Å². The highest BCUT2D eigenvalue weighted by Crippen LogP contribution is 2.15. The van der Waals surface area contributed by atoms with Gasteiger partial charge in [0.2, 0.25) is 0 Å². The second kappa shape index (κ2) is 6.36. The summed E-state index contributed by atoms with van der Waals surface area (Å²) in [7, 11) is 0. The Morgan fingerprint density at radius 1 is 1.27 bits per heavy atom. The highest BCUT2D eigenvalue weighted by atomic mass is 16.1. The molecule has 22 heavy (non-hydrogen) atoms. The van der Waals surface area contributed by atoms with Crippen LogP contribution in [0.5, 0.6) is 0 Å². The summed E-state index contributed by atoms with van der Waals surface area (Å²) < 4.78 is 1.72. The van der Waals surface area contributed by atoms with Gasteiger partial charge >= 0.3 is 0 Å². The van der Waals surface area contributed by atoms with E-state index < -0.39 is 0 Å². The van der Waals surface area contributed by atoms with Crippen LogP contribution >= 0.6 is 0 Å². The molecule has 0 aliphatic carbocycles. The van der Waals surface area contributed by atoms with Gasteiger partial charge in [0.25, 0.3) is 0 Å². The highest BCUT2D eigenvalue weighted by molar-refractivity contribution is 5.62. The maximum Gasteiger partial charge on any atom is 0.146 e. The van der Waals surface area contributed by atoms with Crippen molar-refractivity contribution in [2.75, 3.05) is 0 Å². The monoisotopic (exact) mass is 295 g/mol. The summed E-state index contributed by atoms with van der Waals surface area (Å²) in [6.07, 6.45) is 10.3. The van der Waals surface area contributed by atoms with Gasteiger partial charge in [-0.3, -0.25) is 0 Å². The molecule has 1 unspecified atom stereocenters. The fourth-order valence-electron chi connectivity index (χ4n) is 2.41. The lowest BCUT2D eigenvalue weighted by Crippen LogP contribution is -2.31. The van der Waals surface area contributed by atoms with Crippen LogP contribution in [0, 0.1) is 0 Å². The summed E-state index contributed by atoms with van der Waals surface area (Å²) in [6, 6.07) is 7.56. The Kier molecular flexibility index (Phi) is 4.11. The van der Waals surface area contributed by atoms with Gasteiger partial charge in [-0.05, 0) is 17.7 Å². The summed E-state index contributed by atoms with van der Waals surface area (Å²) in [5.41, 5.74) is 8.47. The zero-order valence-electron chi connectivity index (χ0n) is 12.0. The molecular formula is C16H17N5O. The number of nitrogens with zero attached hydrogens (tertiary/aromatic N) is 4. The Labute approximate surface area is 128 Å². The molecule has 1 aliphatic rings. The van der Waals surface area contributed by atoms with Crippen molar-refractivity contribution in [2.45, 2.75) is 19.1 Å². The predicted molar refractivity (Wildman–Crippen MR) is 82.9 cm³/mol. The largest absolute Gasteiger partial charge is 0.358 e. The topological polar surface area (TPSA) is 77.0 Å². The van der Waals surface area contributed by atoms with Gasteiger partial charge in [-0.25, -0.2) is 4.68 Å². The average molecular weight is 295 g/mol. The molecule has 2 heterocycles. The second-order valence-electron chi connectivity index (χ2n) is 5.01. The zero-order chi connectivity index (χ0) is 15.4. The molecule has 6 heteroatoms. The Hall–Kier alpha value is -2.73. The first-order chi connectivity index (χ1) is 10.8. The number of para-hydroxylation sites is 1. The van der Waals surface area contributed by atoms with Crippen LogP contribution in [-0.4, -0.2) is 32.2 Å². The Balaban J connectivity index is 1.81. The molecule has 6 nitrogen and oxygen atoms in total. The molecule has 0 bridgehead atoms. The third-order valence-electron chi connectivity index (χ3n) is 3.56. The third kappa shape index (κ3) is 2.82. The molecule has 1 atom stereocenters. The van der Waals surface area contributed by atoms with Gasteiger partial charge in [0.1, 0.15) is 18.0 Å². The SMILES string of the molecule is NCc1ccccc1-n1cc(CN2C=CC=CC2C=O)nn1. The van der Waals surface area contributed by atoms with E-state index in [0.29, 0.717) is 13.1 Å². The molecule has 112 valence electrons. The van der Waals surface area contributed by atoms with E-state index in [-0.39, 0.29) is 6.04 Å². The van der Waals surface area contributed by atoms with Gasteiger partial charge in [0, 0.05) is 12.7 Å². The van der Waals surface area contributed by atoms with E-state index in [4.69, 9.17) is 5.73 Å². The summed E-state index contributed by atoms with van der Waals surface area (Å²) in [5, 5.41) is 8.35. The summed E-state index contributed by atoms with van der Waals surface area (Å²) in [4.78, 5) is 13.0. The molecule has 0 amide bonds. The molecule has 3 rings (SSSR count). The summed E-state index contributed by atoms with van der Waals surface area (Å²) in [6.45, 7) is 0.966. The van der Waals surface area contributed by atoms with Gasteiger partial charge < -0.3 is 15.4 Å². The van der Waals surface area contributed by atoms with Crippen molar-refractivity contribution in [1.82, 2.24) is 19.9 Å². The van der Waals surface area contributed by atoms with Crippen molar-refractivity contribution in [3.8, 4) is 5.69 Å². The van der Waals surface area contributed by atoms with E-state index in [1.54, 1.807) is 4.68 Å². The van der Waals surface area contributed by atoms with Crippen LogP contribution in [0.15, 0.2) is 54.9 Å². The van der Waals surface area contributed by atoms with Crippen LogP contribution in [-0.2, 0) is 17.9 Å². The van der Waals surface area contributed by atoms with Crippen molar-refractivity contribution < 1.29 is 4.79 Å².